The fourth-order valence-corrected chi connectivity index (χ4v) is 1.72. The molecule has 0 spiro atoms. The molecule has 0 fully saturated rings. The second-order valence-electron chi connectivity index (χ2n) is 4.07. The number of aromatic nitrogens is 1. The highest BCUT2D eigenvalue weighted by atomic mass is 16.1. The van der Waals surface area contributed by atoms with E-state index in [1.54, 1.807) is 6.20 Å². The van der Waals surface area contributed by atoms with Gasteiger partial charge in [0.15, 0.2) is 0 Å². The second-order valence-corrected chi connectivity index (χ2v) is 4.07. The van der Waals surface area contributed by atoms with Gasteiger partial charge in [0.2, 0.25) is 5.91 Å². The van der Waals surface area contributed by atoms with Crippen LogP contribution in [0.15, 0.2) is 48.8 Å². The van der Waals surface area contributed by atoms with Crippen molar-refractivity contribution in [3.05, 3.63) is 54.4 Å². The van der Waals surface area contributed by atoms with Crippen LogP contribution in [0.5, 0.6) is 0 Å². The fraction of sp³-hybridized carbons (Fsp3) is 0.200. The van der Waals surface area contributed by atoms with Crippen LogP contribution in [0, 0.1) is 0 Å². The number of benzene rings is 1. The van der Waals surface area contributed by atoms with E-state index in [0.717, 1.165) is 16.7 Å². The van der Waals surface area contributed by atoms with Crippen molar-refractivity contribution in [1.82, 2.24) is 10.3 Å². The molecule has 0 unspecified atom stereocenters. The smallest absolute Gasteiger partial charge is 0.219 e. The average molecular weight is 240 g/mol. The predicted octanol–water partition coefficient (Wildman–Crippen LogP) is 2.77. The van der Waals surface area contributed by atoms with Gasteiger partial charge in [-0.05, 0) is 28.8 Å². The molecule has 0 radical (unpaired) electrons. The van der Waals surface area contributed by atoms with Crippen LogP contribution in [-0.4, -0.2) is 10.9 Å². The number of nitrogens with zero attached hydrogens (tertiary/aromatic N) is 1. The third-order valence-corrected chi connectivity index (χ3v) is 2.73. The van der Waals surface area contributed by atoms with Crippen LogP contribution in [0.25, 0.3) is 11.1 Å². The number of hydrogen-bond donors (Lipinski definition) is 1. The van der Waals surface area contributed by atoms with Crippen molar-refractivity contribution in [3.63, 3.8) is 0 Å². The Balaban J connectivity index is 2.13. The second kappa shape index (κ2) is 5.96. The number of nitrogens with one attached hydrogen (secondary N) is 1. The van der Waals surface area contributed by atoms with Crippen LogP contribution in [-0.2, 0) is 11.3 Å². The summed E-state index contributed by atoms with van der Waals surface area (Å²) in [6, 6.07) is 12.1. The van der Waals surface area contributed by atoms with Gasteiger partial charge in [-0.3, -0.25) is 9.78 Å². The van der Waals surface area contributed by atoms with Gasteiger partial charge in [0, 0.05) is 25.4 Å². The number of amides is 1. The highest BCUT2D eigenvalue weighted by Gasteiger charge is 2.01. The lowest BCUT2D eigenvalue weighted by Gasteiger charge is -2.06. The summed E-state index contributed by atoms with van der Waals surface area (Å²) in [7, 11) is 0. The molecule has 1 heterocycles. The maximum atomic E-state index is 11.2. The highest BCUT2D eigenvalue weighted by Crippen LogP contribution is 2.18. The summed E-state index contributed by atoms with van der Waals surface area (Å²) >= 11 is 0. The summed E-state index contributed by atoms with van der Waals surface area (Å²) in [6.45, 7) is 2.42. The van der Waals surface area contributed by atoms with Crippen molar-refractivity contribution in [3.8, 4) is 11.1 Å². The molecule has 0 aliphatic heterocycles. The summed E-state index contributed by atoms with van der Waals surface area (Å²) in [5.74, 6) is 0.0711. The van der Waals surface area contributed by atoms with E-state index in [9.17, 15) is 4.79 Å². The Morgan fingerprint density at radius 2 is 2.06 bits per heavy atom. The first kappa shape index (κ1) is 12.3. The molecule has 1 N–H and O–H groups in total. The molecule has 92 valence electrons. The Kier molecular flexibility index (Phi) is 4.07. The van der Waals surface area contributed by atoms with Gasteiger partial charge in [-0.15, -0.1) is 0 Å². The Hall–Kier alpha value is -2.16. The number of carbonyl (C=O) groups is 1. The number of pyridine rings is 1. The lowest BCUT2D eigenvalue weighted by Crippen LogP contribution is -2.21. The van der Waals surface area contributed by atoms with E-state index < -0.39 is 0 Å². The average Bonchev–Trinajstić information content (AvgIpc) is 2.46. The van der Waals surface area contributed by atoms with Gasteiger partial charge in [-0.2, -0.15) is 0 Å². The van der Waals surface area contributed by atoms with Gasteiger partial charge < -0.3 is 5.32 Å². The van der Waals surface area contributed by atoms with E-state index in [-0.39, 0.29) is 5.91 Å². The van der Waals surface area contributed by atoms with Crippen LogP contribution < -0.4 is 5.32 Å². The van der Waals surface area contributed by atoms with E-state index in [2.05, 4.69) is 16.4 Å². The minimum atomic E-state index is 0.0711. The van der Waals surface area contributed by atoms with E-state index >= 15 is 0 Å². The molecule has 0 bridgehead atoms. The van der Waals surface area contributed by atoms with Gasteiger partial charge in [0.1, 0.15) is 0 Å². The molecule has 0 aliphatic rings. The van der Waals surface area contributed by atoms with E-state index in [1.165, 1.54) is 0 Å². The zero-order valence-corrected chi connectivity index (χ0v) is 10.4. The minimum absolute atomic E-state index is 0.0711. The Morgan fingerprint density at radius 3 is 2.78 bits per heavy atom. The summed E-state index contributed by atoms with van der Waals surface area (Å²) in [6.07, 6.45) is 4.11. The summed E-state index contributed by atoms with van der Waals surface area (Å²) in [4.78, 5) is 15.3. The molecule has 0 saturated carbocycles. The highest BCUT2D eigenvalue weighted by molar-refractivity contribution is 5.75. The van der Waals surface area contributed by atoms with Crippen molar-refractivity contribution in [2.24, 2.45) is 0 Å². The number of hydrogen-bond acceptors (Lipinski definition) is 2. The topological polar surface area (TPSA) is 42.0 Å². The summed E-state index contributed by atoms with van der Waals surface area (Å²) in [5.41, 5.74) is 3.30. The van der Waals surface area contributed by atoms with Crippen LogP contribution >= 0.6 is 0 Å². The van der Waals surface area contributed by atoms with Crippen molar-refractivity contribution >= 4 is 5.91 Å². The normalized spacial score (nSPS) is 10.1. The molecule has 1 aromatic heterocycles. The number of rotatable bonds is 4. The molecule has 2 rings (SSSR count). The predicted molar refractivity (Wildman–Crippen MR) is 71.8 cm³/mol. The standard InChI is InChI=1S/C15H16N2O/c1-2-15(18)17-10-12-5-3-6-13(9-12)14-7-4-8-16-11-14/h3-9,11H,2,10H2,1H3,(H,17,18). The molecule has 0 aliphatic carbocycles. The van der Waals surface area contributed by atoms with Crippen LogP contribution in [0.1, 0.15) is 18.9 Å². The molecule has 2 aromatic rings. The van der Waals surface area contributed by atoms with Crippen LogP contribution in [0.3, 0.4) is 0 Å². The van der Waals surface area contributed by atoms with E-state index in [4.69, 9.17) is 0 Å². The lowest BCUT2D eigenvalue weighted by atomic mass is 10.0. The molecule has 0 atom stereocenters. The maximum absolute atomic E-state index is 11.2. The zero-order valence-electron chi connectivity index (χ0n) is 10.4. The van der Waals surface area contributed by atoms with Crippen molar-refractivity contribution in [1.29, 1.82) is 0 Å². The third kappa shape index (κ3) is 3.17. The molecule has 3 nitrogen and oxygen atoms in total. The maximum Gasteiger partial charge on any atom is 0.219 e. The number of carbonyl (C=O) groups excluding carboxylic acids is 1. The van der Waals surface area contributed by atoms with Crippen LogP contribution in [0.4, 0.5) is 0 Å². The van der Waals surface area contributed by atoms with Crippen LogP contribution in [0.2, 0.25) is 0 Å². The van der Waals surface area contributed by atoms with Crippen molar-refractivity contribution in [2.75, 3.05) is 0 Å². The molecule has 18 heavy (non-hydrogen) atoms. The largest absolute Gasteiger partial charge is 0.352 e. The molecular weight excluding hydrogens is 224 g/mol. The fourth-order valence-electron chi connectivity index (χ4n) is 1.72. The first-order valence-electron chi connectivity index (χ1n) is 6.05. The molecular formula is C15H16N2O. The Labute approximate surface area is 107 Å². The Morgan fingerprint density at radius 1 is 1.22 bits per heavy atom. The van der Waals surface area contributed by atoms with E-state index in [0.29, 0.717) is 13.0 Å². The molecule has 3 heteroatoms. The van der Waals surface area contributed by atoms with Gasteiger partial charge in [0.25, 0.3) is 0 Å². The first-order valence-corrected chi connectivity index (χ1v) is 6.05. The van der Waals surface area contributed by atoms with Crippen molar-refractivity contribution < 1.29 is 4.79 Å². The molecule has 0 saturated heterocycles. The monoisotopic (exact) mass is 240 g/mol. The SMILES string of the molecule is CCC(=O)NCc1cccc(-c2cccnc2)c1. The lowest BCUT2D eigenvalue weighted by molar-refractivity contribution is -0.120. The minimum Gasteiger partial charge on any atom is -0.352 e. The van der Waals surface area contributed by atoms with Gasteiger partial charge in [-0.25, -0.2) is 0 Å². The Bertz CT molecular complexity index is 523. The quantitative estimate of drug-likeness (QED) is 0.892. The zero-order chi connectivity index (χ0) is 12.8. The third-order valence-electron chi connectivity index (χ3n) is 2.73. The van der Waals surface area contributed by atoms with Gasteiger partial charge in [0.05, 0.1) is 0 Å². The van der Waals surface area contributed by atoms with Gasteiger partial charge in [-0.1, -0.05) is 31.2 Å². The summed E-state index contributed by atoms with van der Waals surface area (Å²) in [5, 5.41) is 2.87. The van der Waals surface area contributed by atoms with Gasteiger partial charge >= 0.3 is 0 Å². The summed E-state index contributed by atoms with van der Waals surface area (Å²) < 4.78 is 0. The molecule has 1 amide bonds. The first-order chi connectivity index (χ1) is 8.79. The van der Waals surface area contributed by atoms with E-state index in [1.807, 2.05) is 43.5 Å². The van der Waals surface area contributed by atoms with Crippen molar-refractivity contribution in [2.45, 2.75) is 19.9 Å². The molecule has 1 aromatic carbocycles.